The summed E-state index contributed by atoms with van der Waals surface area (Å²) in [5.74, 6) is 1.12. The molecule has 3 aromatic rings. The molecule has 0 aliphatic heterocycles. The summed E-state index contributed by atoms with van der Waals surface area (Å²) >= 11 is 0. The topological polar surface area (TPSA) is 86.5 Å². The van der Waals surface area contributed by atoms with Crippen molar-refractivity contribution in [3.8, 4) is 11.5 Å². The van der Waals surface area contributed by atoms with Crippen LogP contribution in [0.1, 0.15) is 5.56 Å². The second-order valence-electron chi connectivity index (χ2n) is 6.20. The maximum Gasteiger partial charge on any atom is 0.328 e. The molecule has 0 fully saturated rings. The Bertz CT molecular complexity index is 1080. The molecular weight excluding hydrogens is 348 g/mol. The van der Waals surface area contributed by atoms with E-state index in [1.54, 1.807) is 54.6 Å². The molecule has 8 heteroatoms. The van der Waals surface area contributed by atoms with Crippen LogP contribution in [0.25, 0.3) is 11.0 Å². The van der Waals surface area contributed by atoms with E-state index in [9.17, 15) is 9.59 Å². The molecule has 3 rings (SSSR count). The first kappa shape index (κ1) is 18.4. The molecule has 1 aromatic heterocycles. The monoisotopic (exact) mass is 370 g/mol. The highest BCUT2D eigenvalue weighted by Gasteiger charge is 2.14. The minimum absolute atomic E-state index is 0.118. The van der Waals surface area contributed by atoms with E-state index in [1.807, 2.05) is 13.0 Å². The first-order valence-electron chi connectivity index (χ1n) is 8.31. The van der Waals surface area contributed by atoms with Crippen LogP contribution in [0.15, 0.2) is 35.1 Å². The number of nitrogens with zero attached hydrogens (tertiary/aromatic N) is 2. The number of benzene rings is 2. The first-order chi connectivity index (χ1) is 12.8. The van der Waals surface area contributed by atoms with Crippen LogP contribution in [0.2, 0.25) is 0 Å². The molecule has 8 nitrogen and oxygen atoms in total. The van der Waals surface area contributed by atoms with Gasteiger partial charge in [-0.05, 0) is 36.8 Å². The standard InChI is InChI=1S/C19H22N4O4/c1-11-8-15-16(23(3)19(25)22(15)2)10-13(11)20-18(24)21-14-9-12(26-4)6-7-17(14)27-5/h6-10H,1-5H3,(H2,20,21,24). The van der Waals surface area contributed by atoms with Crippen LogP contribution in [0.3, 0.4) is 0 Å². The number of anilines is 2. The first-order valence-corrected chi connectivity index (χ1v) is 8.31. The fourth-order valence-electron chi connectivity index (χ4n) is 2.97. The number of carbonyl (C=O) groups excluding carboxylic acids is 1. The van der Waals surface area contributed by atoms with Crippen molar-refractivity contribution in [3.05, 3.63) is 46.4 Å². The number of hydrogen-bond acceptors (Lipinski definition) is 4. The second kappa shape index (κ2) is 7.06. The second-order valence-corrected chi connectivity index (χ2v) is 6.20. The molecule has 2 N–H and O–H groups in total. The van der Waals surface area contributed by atoms with Crippen LogP contribution in [0.4, 0.5) is 16.2 Å². The quantitative estimate of drug-likeness (QED) is 0.739. The summed E-state index contributed by atoms with van der Waals surface area (Å²) in [6, 6.07) is 8.37. The number of hydrogen-bond donors (Lipinski definition) is 2. The van der Waals surface area contributed by atoms with E-state index >= 15 is 0 Å². The lowest BCUT2D eigenvalue weighted by Gasteiger charge is -2.14. The smallest absolute Gasteiger partial charge is 0.328 e. The zero-order valence-corrected chi connectivity index (χ0v) is 15.9. The summed E-state index contributed by atoms with van der Waals surface area (Å²) in [6.07, 6.45) is 0. The van der Waals surface area contributed by atoms with Crippen molar-refractivity contribution in [2.75, 3.05) is 24.9 Å². The molecule has 1 heterocycles. The minimum Gasteiger partial charge on any atom is -0.497 e. The van der Waals surface area contributed by atoms with Crippen molar-refractivity contribution in [3.63, 3.8) is 0 Å². The number of methoxy groups -OCH3 is 2. The predicted octanol–water partition coefficient (Wildman–Crippen LogP) is 2.85. The lowest BCUT2D eigenvalue weighted by Crippen LogP contribution is -2.20. The van der Waals surface area contributed by atoms with Crippen molar-refractivity contribution in [1.29, 1.82) is 0 Å². The Kier molecular flexibility index (Phi) is 4.81. The van der Waals surface area contributed by atoms with Gasteiger partial charge in [-0.1, -0.05) is 0 Å². The minimum atomic E-state index is -0.426. The van der Waals surface area contributed by atoms with Crippen LogP contribution in [-0.2, 0) is 14.1 Å². The lowest BCUT2D eigenvalue weighted by molar-refractivity contribution is 0.262. The predicted molar refractivity (Wildman–Crippen MR) is 105 cm³/mol. The van der Waals surface area contributed by atoms with Crippen molar-refractivity contribution in [2.24, 2.45) is 14.1 Å². The Balaban J connectivity index is 1.89. The van der Waals surface area contributed by atoms with E-state index in [1.165, 1.54) is 7.11 Å². The van der Waals surface area contributed by atoms with Crippen LogP contribution in [-0.4, -0.2) is 29.4 Å². The van der Waals surface area contributed by atoms with Crippen molar-refractivity contribution in [1.82, 2.24) is 9.13 Å². The number of fused-ring (bicyclic) bond motifs is 1. The lowest BCUT2D eigenvalue weighted by atomic mass is 10.1. The number of ether oxygens (including phenoxy) is 2. The molecule has 142 valence electrons. The molecular formula is C19H22N4O4. The fraction of sp³-hybridized carbons (Fsp3) is 0.263. The van der Waals surface area contributed by atoms with Gasteiger partial charge in [0.25, 0.3) is 0 Å². The average Bonchev–Trinajstić information content (AvgIpc) is 2.86. The number of carbonyl (C=O) groups is 1. The third-order valence-corrected chi connectivity index (χ3v) is 4.52. The molecule has 2 amide bonds. The third-order valence-electron chi connectivity index (χ3n) is 4.52. The van der Waals surface area contributed by atoms with Gasteiger partial charge in [-0.25, -0.2) is 9.59 Å². The van der Waals surface area contributed by atoms with E-state index < -0.39 is 6.03 Å². The highest BCUT2D eigenvalue weighted by atomic mass is 16.5. The van der Waals surface area contributed by atoms with Gasteiger partial charge >= 0.3 is 11.7 Å². The van der Waals surface area contributed by atoms with Crippen LogP contribution in [0, 0.1) is 6.92 Å². The molecule has 2 aromatic carbocycles. The van der Waals surface area contributed by atoms with E-state index in [2.05, 4.69) is 10.6 Å². The van der Waals surface area contributed by atoms with Gasteiger partial charge in [-0.3, -0.25) is 9.13 Å². The van der Waals surface area contributed by atoms with Crippen LogP contribution < -0.4 is 25.8 Å². The van der Waals surface area contributed by atoms with Gasteiger partial charge in [0.1, 0.15) is 11.5 Å². The Morgan fingerprint density at radius 3 is 2.19 bits per heavy atom. The van der Waals surface area contributed by atoms with Gasteiger partial charge in [-0.15, -0.1) is 0 Å². The van der Waals surface area contributed by atoms with E-state index in [0.717, 1.165) is 16.6 Å². The third kappa shape index (κ3) is 3.33. The van der Waals surface area contributed by atoms with E-state index in [-0.39, 0.29) is 5.69 Å². The van der Waals surface area contributed by atoms with Gasteiger partial charge in [0.05, 0.1) is 30.9 Å². The maximum absolute atomic E-state index is 12.5. The van der Waals surface area contributed by atoms with Crippen LogP contribution in [0.5, 0.6) is 11.5 Å². The SMILES string of the molecule is COc1ccc(OC)c(NC(=O)Nc2cc3c(cc2C)n(C)c(=O)n3C)c1. The molecule has 0 atom stereocenters. The highest BCUT2D eigenvalue weighted by molar-refractivity contribution is 6.02. The van der Waals surface area contributed by atoms with Gasteiger partial charge in [0.2, 0.25) is 0 Å². The number of imidazole rings is 1. The highest BCUT2D eigenvalue weighted by Crippen LogP contribution is 2.29. The Labute approximate surface area is 156 Å². The normalized spacial score (nSPS) is 10.7. The number of urea groups is 1. The van der Waals surface area contributed by atoms with Crippen molar-refractivity contribution >= 4 is 28.4 Å². The van der Waals surface area contributed by atoms with E-state index in [4.69, 9.17) is 9.47 Å². The molecule has 0 radical (unpaired) electrons. The number of aryl methyl sites for hydroxylation is 3. The summed E-state index contributed by atoms with van der Waals surface area (Å²) in [7, 11) is 6.50. The van der Waals surface area contributed by atoms with Gasteiger partial charge < -0.3 is 20.1 Å². The number of aromatic nitrogens is 2. The zero-order valence-electron chi connectivity index (χ0n) is 15.9. The average molecular weight is 370 g/mol. The molecule has 0 aliphatic rings. The van der Waals surface area contributed by atoms with Crippen LogP contribution >= 0.6 is 0 Å². The Morgan fingerprint density at radius 1 is 0.926 bits per heavy atom. The Morgan fingerprint density at radius 2 is 1.56 bits per heavy atom. The molecule has 27 heavy (non-hydrogen) atoms. The van der Waals surface area contributed by atoms with Crippen molar-refractivity contribution in [2.45, 2.75) is 6.92 Å². The molecule has 0 spiro atoms. The number of amides is 2. The van der Waals surface area contributed by atoms with E-state index in [0.29, 0.717) is 22.9 Å². The Hall–Kier alpha value is -3.42. The zero-order chi connectivity index (χ0) is 19.7. The van der Waals surface area contributed by atoms with Gasteiger partial charge in [0.15, 0.2) is 0 Å². The largest absolute Gasteiger partial charge is 0.497 e. The summed E-state index contributed by atoms with van der Waals surface area (Å²) < 4.78 is 13.6. The summed E-state index contributed by atoms with van der Waals surface area (Å²) in [6.45, 7) is 1.87. The molecule has 0 aliphatic carbocycles. The number of nitrogens with one attached hydrogen (secondary N) is 2. The molecule has 0 bridgehead atoms. The molecule has 0 saturated carbocycles. The summed E-state index contributed by atoms with van der Waals surface area (Å²) in [5, 5.41) is 5.59. The molecule has 0 unspecified atom stereocenters. The fourth-order valence-corrected chi connectivity index (χ4v) is 2.97. The van der Waals surface area contributed by atoms with Gasteiger partial charge in [0, 0.05) is 25.8 Å². The summed E-state index contributed by atoms with van der Waals surface area (Å²) in [5.41, 5.74) is 3.37. The number of rotatable bonds is 4. The molecule has 0 saturated heterocycles. The van der Waals surface area contributed by atoms with Gasteiger partial charge in [-0.2, -0.15) is 0 Å². The van der Waals surface area contributed by atoms with Crippen molar-refractivity contribution < 1.29 is 14.3 Å². The maximum atomic E-state index is 12.5. The summed E-state index contributed by atoms with van der Waals surface area (Å²) in [4.78, 5) is 24.6.